The van der Waals surface area contributed by atoms with Crippen molar-refractivity contribution in [2.75, 3.05) is 19.6 Å². The van der Waals surface area contributed by atoms with E-state index in [1.807, 2.05) is 13.8 Å². The van der Waals surface area contributed by atoms with E-state index in [4.69, 9.17) is 10.8 Å². The highest BCUT2D eigenvalue weighted by atomic mass is 16.4. The Morgan fingerprint density at radius 1 is 1.44 bits per heavy atom. The van der Waals surface area contributed by atoms with Crippen LogP contribution in [0.1, 0.15) is 33.1 Å². The van der Waals surface area contributed by atoms with Gasteiger partial charge in [-0.1, -0.05) is 13.8 Å². The standard InChI is InChI=1S/C12H23N3O3/c1-3-9(4-2)14-10(16)7-15-6-5-12(13,8-15)11(17)18/h9H,3-8,13H2,1-2H3,(H,14,16)(H,17,18). The van der Waals surface area contributed by atoms with Gasteiger partial charge in [-0.2, -0.15) is 0 Å². The second kappa shape index (κ2) is 6.15. The molecule has 18 heavy (non-hydrogen) atoms. The highest BCUT2D eigenvalue weighted by molar-refractivity contribution is 5.81. The quantitative estimate of drug-likeness (QED) is 0.611. The van der Waals surface area contributed by atoms with E-state index in [9.17, 15) is 9.59 Å². The van der Waals surface area contributed by atoms with Crippen LogP contribution in [0.25, 0.3) is 0 Å². The third-order valence-corrected chi connectivity index (χ3v) is 3.52. The highest BCUT2D eigenvalue weighted by Gasteiger charge is 2.41. The third kappa shape index (κ3) is 3.68. The second-order valence-electron chi connectivity index (χ2n) is 5.00. The number of hydrogen-bond acceptors (Lipinski definition) is 4. The molecule has 4 N–H and O–H groups in total. The lowest BCUT2D eigenvalue weighted by Gasteiger charge is -2.21. The van der Waals surface area contributed by atoms with E-state index in [0.29, 0.717) is 13.0 Å². The van der Waals surface area contributed by atoms with Gasteiger partial charge >= 0.3 is 5.97 Å². The van der Waals surface area contributed by atoms with Gasteiger partial charge in [0.15, 0.2) is 0 Å². The summed E-state index contributed by atoms with van der Waals surface area (Å²) in [5.41, 5.74) is 4.55. The molecule has 6 nitrogen and oxygen atoms in total. The topological polar surface area (TPSA) is 95.7 Å². The number of rotatable bonds is 6. The van der Waals surface area contributed by atoms with Crippen molar-refractivity contribution in [2.24, 2.45) is 5.73 Å². The van der Waals surface area contributed by atoms with Crippen LogP contribution in [0.2, 0.25) is 0 Å². The van der Waals surface area contributed by atoms with Gasteiger partial charge in [-0.15, -0.1) is 0 Å². The van der Waals surface area contributed by atoms with Crippen molar-refractivity contribution >= 4 is 11.9 Å². The second-order valence-corrected chi connectivity index (χ2v) is 5.00. The van der Waals surface area contributed by atoms with Gasteiger partial charge in [-0.3, -0.25) is 14.5 Å². The number of hydrogen-bond donors (Lipinski definition) is 3. The first-order valence-corrected chi connectivity index (χ1v) is 6.45. The van der Waals surface area contributed by atoms with Gasteiger partial charge in [0.25, 0.3) is 0 Å². The van der Waals surface area contributed by atoms with Crippen molar-refractivity contribution in [3.8, 4) is 0 Å². The molecule has 0 aromatic rings. The van der Waals surface area contributed by atoms with Crippen LogP contribution in [0.15, 0.2) is 0 Å². The van der Waals surface area contributed by atoms with Crippen LogP contribution >= 0.6 is 0 Å². The number of amides is 1. The predicted octanol–water partition coefficient (Wildman–Crippen LogP) is -0.221. The molecule has 1 saturated heterocycles. The summed E-state index contributed by atoms with van der Waals surface area (Å²) < 4.78 is 0. The molecule has 1 fully saturated rings. The smallest absolute Gasteiger partial charge is 0.325 e. The number of nitrogens with two attached hydrogens (primary N) is 1. The number of aliphatic carboxylic acids is 1. The third-order valence-electron chi connectivity index (χ3n) is 3.52. The molecule has 1 heterocycles. The molecular weight excluding hydrogens is 234 g/mol. The minimum Gasteiger partial charge on any atom is -0.480 e. The molecule has 0 radical (unpaired) electrons. The van der Waals surface area contributed by atoms with E-state index in [2.05, 4.69) is 5.32 Å². The van der Waals surface area contributed by atoms with Crippen molar-refractivity contribution in [1.82, 2.24) is 10.2 Å². The van der Waals surface area contributed by atoms with Crippen LogP contribution in [0.5, 0.6) is 0 Å². The van der Waals surface area contributed by atoms with Crippen LogP contribution < -0.4 is 11.1 Å². The summed E-state index contributed by atoms with van der Waals surface area (Å²) in [5.74, 6) is -1.05. The van der Waals surface area contributed by atoms with Crippen LogP contribution in [0.3, 0.4) is 0 Å². The van der Waals surface area contributed by atoms with Gasteiger partial charge in [0, 0.05) is 19.1 Å². The van der Waals surface area contributed by atoms with Crippen molar-refractivity contribution in [2.45, 2.75) is 44.7 Å². The maximum absolute atomic E-state index is 11.8. The SMILES string of the molecule is CCC(CC)NC(=O)CN1CCC(N)(C(=O)O)C1. The average molecular weight is 257 g/mol. The molecule has 104 valence electrons. The first kappa shape index (κ1) is 14.9. The van der Waals surface area contributed by atoms with Gasteiger partial charge < -0.3 is 16.2 Å². The lowest BCUT2D eigenvalue weighted by Crippen LogP contribution is -2.51. The number of carboxylic acid groups (broad SMARTS) is 1. The average Bonchev–Trinajstić information content (AvgIpc) is 2.69. The maximum Gasteiger partial charge on any atom is 0.325 e. The van der Waals surface area contributed by atoms with Crippen LogP contribution in [0.4, 0.5) is 0 Å². The van der Waals surface area contributed by atoms with Gasteiger partial charge in [0.1, 0.15) is 5.54 Å². The largest absolute Gasteiger partial charge is 0.480 e. The number of carbonyl (C=O) groups is 2. The minimum atomic E-state index is -1.20. The first-order chi connectivity index (χ1) is 8.41. The fraction of sp³-hybridized carbons (Fsp3) is 0.833. The molecule has 0 aromatic heterocycles. The van der Waals surface area contributed by atoms with Crippen LogP contribution in [-0.2, 0) is 9.59 Å². The fourth-order valence-corrected chi connectivity index (χ4v) is 2.19. The summed E-state index contributed by atoms with van der Waals surface area (Å²) in [7, 11) is 0. The van der Waals surface area contributed by atoms with Crippen LogP contribution in [-0.4, -0.2) is 53.1 Å². The molecule has 1 amide bonds. The Bertz CT molecular complexity index is 318. The predicted molar refractivity (Wildman–Crippen MR) is 68.1 cm³/mol. The molecular formula is C12H23N3O3. The van der Waals surface area contributed by atoms with Crippen molar-refractivity contribution in [1.29, 1.82) is 0 Å². The molecule has 1 rings (SSSR count). The van der Waals surface area contributed by atoms with Gasteiger partial charge in [0.2, 0.25) is 5.91 Å². The summed E-state index contributed by atoms with van der Waals surface area (Å²) in [6, 6.07) is 0.196. The summed E-state index contributed by atoms with van der Waals surface area (Å²) in [4.78, 5) is 24.5. The molecule has 6 heteroatoms. The number of nitrogens with zero attached hydrogens (tertiary/aromatic N) is 1. The molecule has 1 unspecified atom stereocenters. The molecule has 0 aromatic carbocycles. The number of likely N-dealkylation sites (tertiary alicyclic amines) is 1. The van der Waals surface area contributed by atoms with Crippen LogP contribution in [0, 0.1) is 0 Å². The normalized spacial score (nSPS) is 24.4. The molecule has 1 atom stereocenters. The fourth-order valence-electron chi connectivity index (χ4n) is 2.19. The first-order valence-electron chi connectivity index (χ1n) is 6.45. The van der Waals surface area contributed by atoms with Crippen molar-refractivity contribution < 1.29 is 14.7 Å². The van der Waals surface area contributed by atoms with E-state index in [1.54, 1.807) is 4.90 Å². The lowest BCUT2D eigenvalue weighted by molar-refractivity contribution is -0.143. The Morgan fingerprint density at radius 2 is 2.06 bits per heavy atom. The number of carbonyl (C=O) groups excluding carboxylic acids is 1. The van der Waals surface area contributed by atoms with Crippen molar-refractivity contribution in [3.05, 3.63) is 0 Å². The Hall–Kier alpha value is -1.14. The van der Waals surface area contributed by atoms with E-state index in [-0.39, 0.29) is 25.0 Å². The summed E-state index contributed by atoms with van der Waals surface area (Å²) in [6.07, 6.45) is 2.19. The van der Waals surface area contributed by atoms with E-state index >= 15 is 0 Å². The summed E-state index contributed by atoms with van der Waals surface area (Å²) in [6.45, 7) is 5.07. The van der Waals surface area contributed by atoms with E-state index < -0.39 is 11.5 Å². The highest BCUT2D eigenvalue weighted by Crippen LogP contribution is 2.18. The zero-order valence-corrected chi connectivity index (χ0v) is 11.1. The van der Waals surface area contributed by atoms with Gasteiger partial charge in [-0.25, -0.2) is 0 Å². The van der Waals surface area contributed by atoms with E-state index in [1.165, 1.54) is 0 Å². The Kier molecular flexibility index (Phi) is 5.10. The molecule has 0 saturated carbocycles. The maximum atomic E-state index is 11.8. The lowest BCUT2D eigenvalue weighted by atomic mass is 10.0. The molecule has 0 spiro atoms. The monoisotopic (exact) mass is 257 g/mol. The molecule has 1 aliphatic heterocycles. The minimum absolute atomic E-state index is 0.0571. The number of carboxylic acids is 1. The number of nitrogens with one attached hydrogen (secondary N) is 1. The summed E-state index contributed by atoms with van der Waals surface area (Å²) >= 11 is 0. The Morgan fingerprint density at radius 3 is 2.50 bits per heavy atom. The summed E-state index contributed by atoms with van der Waals surface area (Å²) in [5, 5.41) is 11.9. The van der Waals surface area contributed by atoms with Gasteiger partial charge in [-0.05, 0) is 19.3 Å². The molecule has 1 aliphatic rings. The Balaban J connectivity index is 2.41. The zero-order valence-electron chi connectivity index (χ0n) is 11.1. The molecule has 0 aliphatic carbocycles. The van der Waals surface area contributed by atoms with Gasteiger partial charge in [0.05, 0.1) is 6.54 Å². The zero-order chi connectivity index (χ0) is 13.8. The van der Waals surface area contributed by atoms with Crippen molar-refractivity contribution in [3.63, 3.8) is 0 Å². The molecule has 0 bridgehead atoms. The Labute approximate surface area is 108 Å². The van der Waals surface area contributed by atoms with E-state index in [0.717, 1.165) is 12.8 Å².